The number of rotatable bonds is 4. The Hall–Kier alpha value is -0.770. The first-order valence-corrected chi connectivity index (χ1v) is 8.14. The summed E-state index contributed by atoms with van der Waals surface area (Å²) in [6.07, 6.45) is 2.71. The quantitative estimate of drug-likeness (QED) is 0.913. The van der Waals surface area contributed by atoms with E-state index >= 15 is 0 Å². The molecule has 3 nitrogen and oxygen atoms in total. The van der Waals surface area contributed by atoms with Gasteiger partial charge in [0, 0.05) is 13.6 Å². The molecule has 0 aliphatic carbocycles. The maximum Gasteiger partial charge on any atom is 0.228 e. The molecule has 0 aromatic heterocycles. The molecule has 0 radical (unpaired) electrons. The Labute approximate surface area is 136 Å². The fraction of sp³-hybridized carbons (Fsp3) is 0.562. The minimum Gasteiger partial charge on any atom is -0.341 e. The second kappa shape index (κ2) is 6.99. The minimum atomic E-state index is -0.212. The molecule has 1 aromatic carbocycles. The third-order valence-electron chi connectivity index (χ3n) is 4.44. The lowest BCUT2D eigenvalue weighted by molar-refractivity contribution is -0.143. The van der Waals surface area contributed by atoms with Gasteiger partial charge in [-0.15, -0.1) is 0 Å². The summed E-state index contributed by atoms with van der Waals surface area (Å²) < 4.78 is 0. The molecule has 1 amide bonds. The summed E-state index contributed by atoms with van der Waals surface area (Å²) in [5, 5.41) is 4.40. The normalized spacial score (nSPS) is 17.5. The Morgan fingerprint density at radius 1 is 1.29 bits per heavy atom. The molecule has 0 bridgehead atoms. The summed E-state index contributed by atoms with van der Waals surface area (Å²) in [5.41, 5.74) is 0.788. The van der Waals surface area contributed by atoms with E-state index in [0.717, 1.165) is 37.9 Å². The zero-order valence-electron chi connectivity index (χ0n) is 12.6. The van der Waals surface area contributed by atoms with Crippen LogP contribution in [0.1, 0.15) is 31.7 Å². The molecule has 0 saturated carbocycles. The lowest BCUT2D eigenvalue weighted by atomic mass is 9.75. The topological polar surface area (TPSA) is 32.3 Å². The average molecular weight is 329 g/mol. The smallest absolute Gasteiger partial charge is 0.228 e. The van der Waals surface area contributed by atoms with Crippen LogP contribution in [0.2, 0.25) is 10.0 Å². The SMILES string of the molecule is CCC1(C(=O)N(C)Cc2ccc(Cl)c(Cl)c2)CCNCC1. The van der Waals surface area contributed by atoms with Crippen LogP contribution in [0.3, 0.4) is 0 Å². The van der Waals surface area contributed by atoms with Crippen molar-refractivity contribution in [2.24, 2.45) is 5.41 Å². The van der Waals surface area contributed by atoms with Gasteiger partial charge in [0.05, 0.1) is 15.5 Å². The Bertz CT molecular complexity index is 513. The Kier molecular flexibility index (Phi) is 5.53. The van der Waals surface area contributed by atoms with Crippen molar-refractivity contribution in [3.8, 4) is 0 Å². The number of nitrogens with one attached hydrogen (secondary N) is 1. The molecule has 0 spiro atoms. The molecule has 0 unspecified atom stereocenters. The number of piperidine rings is 1. The van der Waals surface area contributed by atoms with E-state index in [9.17, 15) is 4.79 Å². The van der Waals surface area contributed by atoms with Gasteiger partial charge in [-0.3, -0.25) is 4.79 Å². The van der Waals surface area contributed by atoms with E-state index in [1.807, 2.05) is 24.1 Å². The first-order valence-electron chi connectivity index (χ1n) is 7.39. The Morgan fingerprint density at radius 2 is 1.95 bits per heavy atom. The molecule has 1 aromatic rings. The summed E-state index contributed by atoms with van der Waals surface area (Å²) in [4.78, 5) is 14.7. The van der Waals surface area contributed by atoms with Gasteiger partial charge in [-0.1, -0.05) is 36.2 Å². The molecule has 1 heterocycles. The largest absolute Gasteiger partial charge is 0.341 e. The lowest BCUT2D eigenvalue weighted by Gasteiger charge is -2.38. The van der Waals surface area contributed by atoms with Crippen LogP contribution in [0.4, 0.5) is 0 Å². The summed E-state index contributed by atoms with van der Waals surface area (Å²) in [5.74, 6) is 0.234. The van der Waals surface area contributed by atoms with Crippen LogP contribution in [-0.4, -0.2) is 30.9 Å². The monoisotopic (exact) mass is 328 g/mol. The van der Waals surface area contributed by atoms with E-state index in [1.54, 1.807) is 6.07 Å². The summed E-state index contributed by atoms with van der Waals surface area (Å²) in [7, 11) is 1.87. The molecule has 1 aliphatic rings. The fourth-order valence-electron chi connectivity index (χ4n) is 3.01. The van der Waals surface area contributed by atoms with Crippen molar-refractivity contribution >= 4 is 29.1 Å². The molecule has 21 heavy (non-hydrogen) atoms. The predicted octanol–water partition coefficient (Wildman–Crippen LogP) is 3.73. The lowest BCUT2D eigenvalue weighted by Crippen LogP contribution is -2.47. The number of carbonyl (C=O) groups is 1. The number of hydrogen-bond acceptors (Lipinski definition) is 2. The van der Waals surface area contributed by atoms with Crippen LogP contribution in [0.25, 0.3) is 0 Å². The van der Waals surface area contributed by atoms with Crippen molar-refractivity contribution in [3.05, 3.63) is 33.8 Å². The molecular weight excluding hydrogens is 307 g/mol. The number of carbonyl (C=O) groups excluding carboxylic acids is 1. The van der Waals surface area contributed by atoms with E-state index in [1.165, 1.54) is 0 Å². The number of halogens is 2. The van der Waals surface area contributed by atoms with Crippen molar-refractivity contribution in [2.75, 3.05) is 20.1 Å². The first-order chi connectivity index (χ1) is 9.98. The summed E-state index contributed by atoms with van der Waals surface area (Å²) in [6, 6.07) is 5.52. The molecule has 1 N–H and O–H groups in total. The zero-order valence-corrected chi connectivity index (χ0v) is 14.1. The molecule has 5 heteroatoms. The molecule has 1 saturated heterocycles. The molecule has 1 aliphatic heterocycles. The van der Waals surface area contributed by atoms with Crippen LogP contribution < -0.4 is 5.32 Å². The fourth-order valence-corrected chi connectivity index (χ4v) is 3.33. The molecule has 2 rings (SSSR count). The third-order valence-corrected chi connectivity index (χ3v) is 5.18. The van der Waals surface area contributed by atoms with Gasteiger partial charge in [-0.05, 0) is 50.0 Å². The van der Waals surface area contributed by atoms with Gasteiger partial charge in [-0.25, -0.2) is 0 Å². The summed E-state index contributed by atoms with van der Waals surface area (Å²) >= 11 is 12.0. The zero-order chi connectivity index (χ0) is 15.5. The third kappa shape index (κ3) is 3.71. The van der Waals surface area contributed by atoms with E-state index < -0.39 is 0 Å². The van der Waals surface area contributed by atoms with E-state index in [4.69, 9.17) is 23.2 Å². The van der Waals surface area contributed by atoms with E-state index in [2.05, 4.69) is 12.2 Å². The van der Waals surface area contributed by atoms with Crippen LogP contribution in [-0.2, 0) is 11.3 Å². The minimum absolute atomic E-state index is 0.212. The van der Waals surface area contributed by atoms with Crippen molar-refractivity contribution in [2.45, 2.75) is 32.7 Å². The van der Waals surface area contributed by atoms with E-state index in [0.29, 0.717) is 16.6 Å². The maximum atomic E-state index is 12.8. The highest BCUT2D eigenvalue weighted by atomic mass is 35.5. The van der Waals surface area contributed by atoms with E-state index in [-0.39, 0.29) is 11.3 Å². The van der Waals surface area contributed by atoms with Gasteiger partial charge in [0.25, 0.3) is 0 Å². The molecule has 1 fully saturated rings. The van der Waals surface area contributed by atoms with Gasteiger partial charge < -0.3 is 10.2 Å². The highest BCUT2D eigenvalue weighted by molar-refractivity contribution is 6.42. The van der Waals surface area contributed by atoms with Gasteiger partial charge in [-0.2, -0.15) is 0 Å². The second-order valence-electron chi connectivity index (χ2n) is 5.79. The van der Waals surface area contributed by atoms with Gasteiger partial charge in [0.15, 0.2) is 0 Å². The molecule has 0 atom stereocenters. The maximum absolute atomic E-state index is 12.8. The van der Waals surface area contributed by atoms with Crippen molar-refractivity contribution < 1.29 is 4.79 Å². The highest BCUT2D eigenvalue weighted by Crippen LogP contribution is 2.35. The van der Waals surface area contributed by atoms with Crippen LogP contribution in [0.15, 0.2) is 18.2 Å². The molecular formula is C16H22Cl2N2O. The van der Waals surface area contributed by atoms with Crippen molar-refractivity contribution in [3.63, 3.8) is 0 Å². The van der Waals surface area contributed by atoms with Gasteiger partial charge in [0.2, 0.25) is 5.91 Å². The van der Waals surface area contributed by atoms with Crippen LogP contribution >= 0.6 is 23.2 Å². The average Bonchev–Trinajstić information content (AvgIpc) is 2.50. The summed E-state index contributed by atoms with van der Waals surface area (Å²) in [6.45, 7) is 4.50. The number of hydrogen-bond donors (Lipinski definition) is 1. The van der Waals surface area contributed by atoms with Crippen molar-refractivity contribution in [1.29, 1.82) is 0 Å². The second-order valence-corrected chi connectivity index (χ2v) is 6.61. The number of amides is 1. The highest BCUT2D eigenvalue weighted by Gasteiger charge is 2.39. The van der Waals surface area contributed by atoms with Crippen molar-refractivity contribution in [1.82, 2.24) is 10.2 Å². The predicted molar refractivity (Wildman–Crippen MR) is 87.8 cm³/mol. The Morgan fingerprint density at radius 3 is 2.52 bits per heavy atom. The molecule has 116 valence electrons. The van der Waals surface area contributed by atoms with Gasteiger partial charge in [0.1, 0.15) is 0 Å². The Balaban J connectivity index is 2.09. The van der Waals surface area contributed by atoms with Crippen LogP contribution in [0, 0.1) is 5.41 Å². The first kappa shape index (κ1) is 16.6. The van der Waals surface area contributed by atoms with Gasteiger partial charge >= 0.3 is 0 Å². The number of nitrogens with zero attached hydrogens (tertiary/aromatic N) is 1. The number of benzene rings is 1. The standard InChI is InChI=1S/C16H22Cl2N2O/c1-3-16(6-8-19-9-7-16)15(21)20(2)11-12-4-5-13(17)14(18)10-12/h4-5,10,19H,3,6-9,11H2,1-2H3. The van der Waals surface area contributed by atoms with Crippen LogP contribution in [0.5, 0.6) is 0 Å².